The molecule has 1 aliphatic heterocycles. The minimum absolute atomic E-state index is 0.746. The summed E-state index contributed by atoms with van der Waals surface area (Å²) in [5.74, 6) is 0.746. The van der Waals surface area contributed by atoms with Crippen molar-refractivity contribution < 1.29 is 0 Å². The third-order valence-electron chi connectivity index (χ3n) is 5.29. The van der Waals surface area contributed by atoms with Crippen molar-refractivity contribution in [3.05, 3.63) is 103 Å². The molecule has 4 aromatic carbocycles. The van der Waals surface area contributed by atoms with Crippen LogP contribution < -0.4 is 4.90 Å². The number of nitrogens with zero attached hydrogens (tertiary/aromatic N) is 3. The Morgan fingerprint density at radius 2 is 1.33 bits per heavy atom. The van der Waals surface area contributed by atoms with Crippen LogP contribution in [0.2, 0.25) is 0 Å². The maximum atomic E-state index is 4.87. The lowest BCUT2D eigenvalue weighted by molar-refractivity contribution is 1.16. The lowest BCUT2D eigenvalue weighted by atomic mass is 10.1. The van der Waals surface area contributed by atoms with Gasteiger partial charge >= 0.3 is 0 Å². The average molecular weight is 404 g/mol. The molecule has 0 atom stereocenters. The summed E-state index contributed by atoms with van der Waals surface area (Å²) in [4.78, 5) is 14.3. The Morgan fingerprint density at radius 1 is 0.667 bits per heavy atom. The fraction of sp³-hybridized carbons (Fsp3) is 0. The van der Waals surface area contributed by atoms with Gasteiger partial charge < -0.3 is 4.90 Å². The average Bonchev–Trinajstić information content (AvgIpc) is 2.82. The highest BCUT2D eigenvalue weighted by atomic mass is 32.2. The topological polar surface area (TPSA) is 29.0 Å². The molecule has 1 aliphatic rings. The van der Waals surface area contributed by atoms with Crippen molar-refractivity contribution in [1.29, 1.82) is 0 Å². The number of anilines is 3. The zero-order valence-corrected chi connectivity index (χ0v) is 16.9. The zero-order chi connectivity index (χ0) is 19.9. The first kappa shape index (κ1) is 17.2. The van der Waals surface area contributed by atoms with Crippen LogP contribution in [0.4, 0.5) is 17.1 Å². The van der Waals surface area contributed by atoms with Crippen LogP contribution in [-0.2, 0) is 0 Å². The Kier molecular flexibility index (Phi) is 4.03. The summed E-state index contributed by atoms with van der Waals surface area (Å²) in [6.45, 7) is 0. The van der Waals surface area contributed by atoms with Crippen molar-refractivity contribution in [1.82, 2.24) is 9.97 Å². The van der Waals surface area contributed by atoms with E-state index in [1.165, 1.54) is 21.2 Å². The van der Waals surface area contributed by atoms with Gasteiger partial charge in [0.05, 0.1) is 16.9 Å². The van der Waals surface area contributed by atoms with Gasteiger partial charge in [-0.1, -0.05) is 66.4 Å². The normalized spacial score (nSPS) is 12.5. The van der Waals surface area contributed by atoms with E-state index >= 15 is 0 Å². The number of para-hydroxylation sites is 2. The lowest BCUT2D eigenvalue weighted by Gasteiger charge is -2.32. The van der Waals surface area contributed by atoms with Gasteiger partial charge in [0, 0.05) is 32.6 Å². The van der Waals surface area contributed by atoms with Crippen LogP contribution in [0, 0.1) is 0 Å². The van der Waals surface area contributed by atoms with Gasteiger partial charge in [0.1, 0.15) is 0 Å². The number of benzene rings is 4. The van der Waals surface area contributed by atoms with Gasteiger partial charge in [-0.2, -0.15) is 0 Å². The molecule has 5 aromatic rings. The summed E-state index contributed by atoms with van der Waals surface area (Å²) in [5, 5.41) is 1.03. The molecular weight excluding hydrogens is 386 g/mol. The number of hydrogen-bond donors (Lipinski definition) is 0. The molecule has 142 valence electrons. The molecule has 0 fully saturated rings. The largest absolute Gasteiger partial charge is 0.308 e. The minimum atomic E-state index is 0.746. The number of rotatable bonds is 2. The van der Waals surface area contributed by atoms with Crippen molar-refractivity contribution in [2.45, 2.75) is 9.79 Å². The van der Waals surface area contributed by atoms with Crippen molar-refractivity contribution in [3.8, 4) is 11.4 Å². The van der Waals surface area contributed by atoms with Crippen LogP contribution in [-0.4, -0.2) is 9.97 Å². The molecule has 3 nitrogen and oxygen atoms in total. The molecule has 0 unspecified atom stereocenters. The highest BCUT2D eigenvalue weighted by molar-refractivity contribution is 7.99. The Hall–Kier alpha value is -3.63. The highest BCUT2D eigenvalue weighted by Crippen LogP contribution is 2.51. The molecule has 2 heterocycles. The highest BCUT2D eigenvalue weighted by Gasteiger charge is 2.24. The van der Waals surface area contributed by atoms with Gasteiger partial charge in [0.15, 0.2) is 5.82 Å². The number of fused-ring (bicyclic) bond motifs is 3. The molecule has 0 saturated heterocycles. The second-order valence-corrected chi connectivity index (χ2v) is 8.26. The summed E-state index contributed by atoms with van der Waals surface area (Å²) < 4.78 is 0. The third-order valence-corrected chi connectivity index (χ3v) is 6.42. The van der Waals surface area contributed by atoms with E-state index in [4.69, 9.17) is 4.98 Å². The summed E-state index contributed by atoms with van der Waals surface area (Å²) in [6, 6.07) is 33.6. The van der Waals surface area contributed by atoms with Gasteiger partial charge in [0.25, 0.3) is 0 Å². The van der Waals surface area contributed by atoms with Gasteiger partial charge in [0.2, 0.25) is 0 Å². The second kappa shape index (κ2) is 7.01. The van der Waals surface area contributed by atoms with Gasteiger partial charge in [-0.3, -0.25) is 0 Å². The first-order valence-electron chi connectivity index (χ1n) is 9.85. The SMILES string of the molecule is c1ccc(-c2ncc3ccc(N4c5ccccc5Sc5ccccc54)cc3n2)cc1. The molecule has 0 aliphatic carbocycles. The number of aromatic nitrogens is 2. The summed E-state index contributed by atoms with van der Waals surface area (Å²) >= 11 is 1.82. The van der Waals surface area contributed by atoms with Gasteiger partial charge in [-0.15, -0.1) is 0 Å². The molecule has 0 N–H and O–H groups in total. The zero-order valence-electron chi connectivity index (χ0n) is 16.1. The maximum Gasteiger partial charge on any atom is 0.159 e. The molecule has 0 bridgehead atoms. The van der Waals surface area contributed by atoms with Crippen molar-refractivity contribution >= 4 is 39.7 Å². The predicted octanol–water partition coefficient (Wildman–Crippen LogP) is 7.23. The van der Waals surface area contributed by atoms with E-state index in [-0.39, 0.29) is 0 Å². The van der Waals surface area contributed by atoms with Crippen LogP contribution in [0.1, 0.15) is 0 Å². The molecular formula is C26H17N3S. The Labute approximate surface area is 179 Å². The first-order valence-corrected chi connectivity index (χ1v) is 10.7. The van der Waals surface area contributed by atoms with Crippen molar-refractivity contribution in [3.63, 3.8) is 0 Å². The van der Waals surface area contributed by atoms with E-state index in [1.54, 1.807) is 0 Å². The standard InChI is InChI=1S/C26H17N3S/c1-2-8-18(9-3-1)26-27-17-19-14-15-20(16-21(19)28-26)29-22-10-4-6-12-24(22)30-25-13-7-5-11-23(25)29/h1-17H. The second-order valence-electron chi connectivity index (χ2n) is 7.18. The lowest BCUT2D eigenvalue weighted by Crippen LogP contribution is -2.14. The van der Waals surface area contributed by atoms with Crippen LogP contribution in [0.5, 0.6) is 0 Å². The smallest absolute Gasteiger partial charge is 0.159 e. The minimum Gasteiger partial charge on any atom is -0.308 e. The van der Waals surface area contributed by atoms with E-state index in [0.717, 1.165) is 28.0 Å². The number of hydrogen-bond acceptors (Lipinski definition) is 4. The van der Waals surface area contributed by atoms with E-state index in [2.05, 4.69) is 76.6 Å². The quantitative estimate of drug-likeness (QED) is 0.305. The summed E-state index contributed by atoms with van der Waals surface area (Å²) in [7, 11) is 0. The third kappa shape index (κ3) is 2.85. The Bertz CT molecular complexity index is 1340. The molecule has 1 aromatic heterocycles. The first-order chi connectivity index (χ1) is 14.9. The van der Waals surface area contributed by atoms with Crippen molar-refractivity contribution in [2.75, 3.05) is 4.90 Å². The fourth-order valence-electron chi connectivity index (χ4n) is 3.86. The molecule has 0 radical (unpaired) electrons. The van der Waals surface area contributed by atoms with E-state index in [1.807, 2.05) is 48.3 Å². The molecule has 6 rings (SSSR count). The Morgan fingerprint density at radius 3 is 2.07 bits per heavy atom. The molecule has 0 saturated carbocycles. The predicted molar refractivity (Wildman–Crippen MR) is 124 cm³/mol. The monoisotopic (exact) mass is 403 g/mol. The summed E-state index contributed by atoms with van der Waals surface area (Å²) in [6.07, 6.45) is 1.91. The van der Waals surface area contributed by atoms with Gasteiger partial charge in [-0.05, 0) is 42.5 Å². The molecule has 0 spiro atoms. The maximum absolute atomic E-state index is 4.87. The van der Waals surface area contributed by atoms with E-state index < -0.39 is 0 Å². The van der Waals surface area contributed by atoms with Crippen LogP contribution in [0.15, 0.2) is 113 Å². The fourth-order valence-corrected chi connectivity index (χ4v) is 4.92. The molecule has 4 heteroatoms. The molecule has 0 amide bonds. The van der Waals surface area contributed by atoms with Crippen LogP contribution >= 0.6 is 11.8 Å². The van der Waals surface area contributed by atoms with Crippen molar-refractivity contribution in [2.24, 2.45) is 0 Å². The van der Waals surface area contributed by atoms with Crippen LogP contribution in [0.3, 0.4) is 0 Å². The molecule has 30 heavy (non-hydrogen) atoms. The van der Waals surface area contributed by atoms with Gasteiger partial charge in [-0.25, -0.2) is 9.97 Å². The Balaban J connectivity index is 1.53. The summed E-state index contributed by atoms with van der Waals surface area (Å²) in [5.41, 5.74) is 5.44. The van der Waals surface area contributed by atoms with E-state index in [9.17, 15) is 0 Å². The van der Waals surface area contributed by atoms with E-state index in [0.29, 0.717) is 0 Å². The van der Waals surface area contributed by atoms with Crippen LogP contribution in [0.25, 0.3) is 22.3 Å².